The number of carboxylic acid groups (broad SMARTS) is 1. The number of aromatic nitrogens is 2. The number of rotatable bonds is 6. The molecule has 0 saturated carbocycles. The van der Waals surface area contributed by atoms with Crippen molar-refractivity contribution in [1.29, 1.82) is 0 Å². The van der Waals surface area contributed by atoms with Gasteiger partial charge in [-0.05, 0) is 43.4 Å². The molecule has 2 aromatic rings. The molecule has 1 aliphatic rings. The molecule has 1 N–H and O–H groups in total. The Morgan fingerprint density at radius 2 is 1.96 bits per heavy atom. The van der Waals surface area contributed by atoms with Crippen molar-refractivity contribution in [2.75, 3.05) is 27.2 Å². The Kier molecular flexibility index (Phi) is 6.07. The van der Waals surface area contributed by atoms with E-state index in [1.54, 1.807) is 38.4 Å². The van der Waals surface area contributed by atoms with E-state index in [-0.39, 0.29) is 11.5 Å². The number of hydrogen-bond donors (Lipinski definition) is 1. The second-order valence-corrected chi connectivity index (χ2v) is 9.28. The van der Waals surface area contributed by atoms with Gasteiger partial charge in [-0.3, -0.25) is 0 Å². The minimum absolute atomic E-state index is 0.195. The lowest BCUT2D eigenvalue weighted by Crippen LogP contribution is -2.45. The van der Waals surface area contributed by atoms with Crippen LogP contribution in [0.25, 0.3) is 11.3 Å². The van der Waals surface area contributed by atoms with Gasteiger partial charge in [-0.25, -0.2) is 14.8 Å². The Morgan fingerprint density at radius 3 is 2.61 bits per heavy atom. The smallest absolute Gasteiger partial charge is 0.335 e. The first-order valence-electron chi connectivity index (χ1n) is 9.09. The molecule has 3 rings (SSSR count). The van der Waals surface area contributed by atoms with Crippen molar-refractivity contribution in [3.05, 3.63) is 47.9 Å². The van der Waals surface area contributed by atoms with Crippen LogP contribution in [0.3, 0.4) is 0 Å². The lowest BCUT2D eigenvalue weighted by molar-refractivity contribution is 0.0697. The second kappa shape index (κ2) is 8.34. The van der Waals surface area contributed by atoms with Crippen molar-refractivity contribution in [1.82, 2.24) is 18.6 Å². The maximum Gasteiger partial charge on any atom is 0.335 e. The fraction of sp³-hybridized carbons (Fsp3) is 0.421. The van der Waals surface area contributed by atoms with Crippen LogP contribution < -0.4 is 0 Å². The highest BCUT2D eigenvalue weighted by atomic mass is 32.2. The van der Waals surface area contributed by atoms with Crippen LogP contribution in [-0.2, 0) is 16.6 Å². The number of aromatic carboxylic acids is 1. The summed E-state index contributed by atoms with van der Waals surface area (Å²) in [5.41, 5.74) is 2.61. The van der Waals surface area contributed by atoms with Crippen LogP contribution in [0.1, 0.15) is 28.9 Å². The van der Waals surface area contributed by atoms with Gasteiger partial charge in [0, 0.05) is 38.4 Å². The van der Waals surface area contributed by atoms with E-state index in [0.29, 0.717) is 19.5 Å². The summed E-state index contributed by atoms with van der Waals surface area (Å²) in [6.07, 6.45) is 3.94. The summed E-state index contributed by atoms with van der Waals surface area (Å²) in [6.45, 7) is 1.02. The number of nitrogens with zero attached hydrogens (tertiary/aromatic N) is 4. The number of hydrogen-bond acceptors (Lipinski definition) is 5. The zero-order valence-electron chi connectivity index (χ0n) is 15.9. The molecule has 9 heteroatoms. The van der Waals surface area contributed by atoms with Gasteiger partial charge < -0.3 is 5.11 Å². The molecule has 0 spiro atoms. The Labute approximate surface area is 165 Å². The minimum atomic E-state index is -3.40. The molecule has 1 aromatic carbocycles. The van der Waals surface area contributed by atoms with Gasteiger partial charge in [0.2, 0.25) is 0 Å². The predicted molar refractivity (Wildman–Crippen MR) is 105 cm³/mol. The first-order chi connectivity index (χ1) is 13.3. The molecule has 0 radical (unpaired) electrons. The number of carboxylic acids is 1. The Hall–Kier alpha value is -2.36. The molecular weight excluding hydrogens is 380 g/mol. The average Bonchev–Trinajstić information content (AvgIpc) is 2.68. The Bertz CT molecular complexity index is 945. The quantitative estimate of drug-likeness (QED) is 0.789. The van der Waals surface area contributed by atoms with Crippen LogP contribution in [0.4, 0.5) is 0 Å². The molecule has 2 heterocycles. The summed E-state index contributed by atoms with van der Waals surface area (Å²) >= 11 is 0. The highest BCUT2D eigenvalue weighted by Gasteiger charge is 2.30. The summed E-state index contributed by atoms with van der Waals surface area (Å²) < 4.78 is 27.5. The van der Waals surface area contributed by atoms with Crippen LogP contribution in [0.15, 0.2) is 36.7 Å². The molecular formula is C19H24N4O4S. The van der Waals surface area contributed by atoms with E-state index in [4.69, 9.17) is 5.11 Å². The first kappa shape index (κ1) is 20.4. The number of benzene rings is 1. The summed E-state index contributed by atoms with van der Waals surface area (Å²) in [6, 6.07) is 8.42. The van der Waals surface area contributed by atoms with E-state index in [0.717, 1.165) is 29.8 Å². The molecule has 28 heavy (non-hydrogen) atoms. The van der Waals surface area contributed by atoms with E-state index in [9.17, 15) is 13.2 Å². The third kappa shape index (κ3) is 4.54. The van der Waals surface area contributed by atoms with Gasteiger partial charge in [-0.2, -0.15) is 17.0 Å². The molecule has 1 atom stereocenters. The van der Waals surface area contributed by atoms with Crippen molar-refractivity contribution >= 4 is 16.2 Å². The largest absolute Gasteiger partial charge is 0.478 e. The van der Waals surface area contributed by atoms with Crippen LogP contribution in [0.2, 0.25) is 0 Å². The normalized spacial score (nSPS) is 18.3. The zero-order chi connectivity index (χ0) is 20.3. The highest BCUT2D eigenvalue weighted by Crippen LogP contribution is 2.24. The van der Waals surface area contributed by atoms with Gasteiger partial charge in [0.1, 0.15) is 6.33 Å². The standard InChI is InChI=1S/C19H24N4O4S/c1-22(2)28(26,27)23-9-3-4-14(12-23)10-17-11-18(21-13-20-17)15-5-7-16(8-6-15)19(24)25/h5-8,11,13-14H,3-4,9-10,12H2,1-2H3,(H,24,25)/t14-/m0/s1. The summed E-state index contributed by atoms with van der Waals surface area (Å²) in [5.74, 6) is -0.773. The predicted octanol–water partition coefficient (Wildman–Crippen LogP) is 1.90. The van der Waals surface area contributed by atoms with E-state index < -0.39 is 16.2 Å². The summed E-state index contributed by atoms with van der Waals surface area (Å²) in [4.78, 5) is 19.6. The van der Waals surface area contributed by atoms with Crippen molar-refractivity contribution < 1.29 is 18.3 Å². The molecule has 0 bridgehead atoms. The maximum absolute atomic E-state index is 12.4. The first-order valence-corrected chi connectivity index (χ1v) is 10.5. The van der Waals surface area contributed by atoms with Gasteiger partial charge >= 0.3 is 5.97 Å². The third-order valence-corrected chi connectivity index (χ3v) is 6.83. The van der Waals surface area contributed by atoms with Gasteiger partial charge in [0.25, 0.3) is 10.2 Å². The second-order valence-electron chi connectivity index (χ2n) is 7.14. The molecule has 1 aliphatic heterocycles. The highest BCUT2D eigenvalue weighted by molar-refractivity contribution is 7.86. The third-order valence-electron chi connectivity index (χ3n) is 4.92. The summed E-state index contributed by atoms with van der Waals surface area (Å²) in [7, 11) is -0.308. The summed E-state index contributed by atoms with van der Waals surface area (Å²) in [5, 5.41) is 9.01. The number of carbonyl (C=O) groups is 1. The van der Waals surface area contributed by atoms with Gasteiger partial charge in [0.15, 0.2) is 0 Å². The van der Waals surface area contributed by atoms with Crippen molar-refractivity contribution in [3.8, 4) is 11.3 Å². The van der Waals surface area contributed by atoms with Crippen molar-refractivity contribution in [2.24, 2.45) is 5.92 Å². The van der Waals surface area contributed by atoms with Crippen molar-refractivity contribution in [3.63, 3.8) is 0 Å². The van der Waals surface area contributed by atoms with Gasteiger partial charge in [-0.15, -0.1) is 0 Å². The Balaban J connectivity index is 1.73. The van der Waals surface area contributed by atoms with E-state index >= 15 is 0 Å². The Morgan fingerprint density at radius 1 is 1.25 bits per heavy atom. The molecule has 8 nitrogen and oxygen atoms in total. The molecule has 1 fully saturated rings. The lowest BCUT2D eigenvalue weighted by atomic mass is 9.94. The van der Waals surface area contributed by atoms with Gasteiger partial charge in [0.05, 0.1) is 11.3 Å². The van der Waals surface area contributed by atoms with Crippen LogP contribution in [-0.4, -0.2) is 65.3 Å². The molecule has 1 saturated heterocycles. The van der Waals surface area contributed by atoms with Crippen LogP contribution >= 0.6 is 0 Å². The lowest BCUT2D eigenvalue weighted by Gasteiger charge is -2.33. The SMILES string of the molecule is CN(C)S(=O)(=O)N1CCC[C@@H](Cc2cc(-c3ccc(C(=O)O)cc3)ncn2)C1. The van der Waals surface area contributed by atoms with E-state index in [1.807, 2.05) is 6.07 Å². The molecule has 1 aromatic heterocycles. The zero-order valence-corrected chi connectivity index (χ0v) is 16.8. The maximum atomic E-state index is 12.4. The molecule has 0 amide bonds. The number of piperidine rings is 1. The van der Waals surface area contributed by atoms with Crippen LogP contribution in [0.5, 0.6) is 0 Å². The molecule has 0 aliphatic carbocycles. The van der Waals surface area contributed by atoms with Crippen molar-refractivity contribution in [2.45, 2.75) is 19.3 Å². The molecule has 0 unspecified atom stereocenters. The van der Waals surface area contributed by atoms with E-state index in [1.165, 1.54) is 14.9 Å². The topological polar surface area (TPSA) is 104 Å². The molecule has 150 valence electrons. The fourth-order valence-electron chi connectivity index (χ4n) is 3.38. The minimum Gasteiger partial charge on any atom is -0.478 e. The monoisotopic (exact) mass is 404 g/mol. The average molecular weight is 404 g/mol. The fourth-order valence-corrected chi connectivity index (χ4v) is 4.60. The van der Waals surface area contributed by atoms with E-state index in [2.05, 4.69) is 9.97 Å². The van der Waals surface area contributed by atoms with Gasteiger partial charge in [-0.1, -0.05) is 12.1 Å². The van der Waals surface area contributed by atoms with Crippen LogP contribution in [0, 0.1) is 5.92 Å².